The van der Waals surface area contributed by atoms with Crippen LogP contribution in [0.3, 0.4) is 0 Å². The topological polar surface area (TPSA) is 108 Å². The predicted octanol–water partition coefficient (Wildman–Crippen LogP) is 5.71. The number of carbonyl (C=O) groups is 2. The Kier molecular flexibility index (Phi) is 6.51. The Morgan fingerprint density at radius 1 is 0.721 bits per heavy atom. The van der Waals surface area contributed by atoms with Crippen molar-refractivity contribution in [2.24, 2.45) is 46.8 Å². The van der Waals surface area contributed by atoms with Gasteiger partial charge in [-0.15, -0.1) is 0 Å². The van der Waals surface area contributed by atoms with Crippen molar-refractivity contribution in [3.05, 3.63) is 0 Å². The predicted molar refractivity (Wildman–Crippen MR) is 148 cm³/mol. The Morgan fingerprint density at radius 2 is 1.33 bits per heavy atom. The third kappa shape index (κ3) is 3.80. The third-order valence-corrected chi connectivity index (χ3v) is 13.4. The fraction of sp³-hybridized carbons (Fsp3) is 0.939. The Labute approximate surface area is 253 Å². The zero-order valence-electron chi connectivity index (χ0n) is 26.3. The van der Waals surface area contributed by atoms with Crippen molar-refractivity contribution < 1.29 is 48.1 Å². The maximum atomic E-state index is 14.6. The van der Waals surface area contributed by atoms with Gasteiger partial charge in [0.2, 0.25) is 24.2 Å². The minimum absolute atomic E-state index is 0.110. The van der Waals surface area contributed by atoms with Crippen LogP contribution in [-0.4, -0.2) is 47.3 Å². The van der Waals surface area contributed by atoms with Gasteiger partial charge in [0.25, 0.3) is 0 Å². The number of esters is 2. The molecule has 10 fully saturated rings. The van der Waals surface area contributed by atoms with Gasteiger partial charge in [0.05, 0.1) is 11.3 Å². The average Bonchev–Trinajstić information content (AvgIpc) is 3.34. The van der Waals surface area contributed by atoms with E-state index in [-0.39, 0.29) is 35.6 Å². The molecule has 4 bridgehead atoms. The van der Waals surface area contributed by atoms with Gasteiger partial charge in [0.1, 0.15) is 0 Å². The molecule has 10 nitrogen and oxygen atoms in total. The minimum atomic E-state index is -0.961. The van der Waals surface area contributed by atoms with Crippen LogP contribution >= 0.6 is 0 Å². The number of carbonyl (C=O) groups excluding carboxylic acids is 2. The number of hydrogen-bond acceptors (Lipinski definition) is 10. The summed E-state index contributed by atoms with van der Waals surface area (Å²) in [7, 11) is 0. The molecule has 0 aromatic carbocycles. The molecule has 14 atom stereocenters. The lowest BCUT2D eigenvalue weighted by Crippen LogP contribution is -2.74. The molecule has 0 aromatic rings. The zero-order chi connectivity index (χ0) is 30.0. The van der Waals surface area contributed by atoms with E-state index in [1.807, 2.05) is 13.8 Å². The van der Waals surface area contributed by atoms with Crippen LogP contribution in [0, 0.1) is 46.8 Å². The molecule has 2 aliphatic carbocycles. The largest absolute Gasteiger partial charge is 0.432 e. The van der Waals surface area contributed by atoms with Crippen molar-refractivity contribution in [1.82, 2.24) is 0 Å². The smallest absolute Gasteiger partial charge is 0.314 e. The average molecular weight is 605 g/mol. The molecule has 0 N–H and O–H groups in total. The molecule has 2 spiro atoms. The van der Waals surface area contributed by atoms with Crippen molar-refractivity contribution in [3.8, 4) is 0 Å². The first-order valence-corrected chi connectivity index (χ1v) is 17.0. The van der Waals surface area contributed by atoms with E-state index in [1.165, 1.54) is 0 Å². The molecule has 10 heteroatoms. The molecule has 8 saturated heterocycles. The second-order valence-corrected chi connectivity index (χ2v) is 15.7. The first kappa shape index (κ1) is 29.1. The molecule has 14 unspecified atom stereocenters. The molecule has 240 valence electrons. The van der Waals surface area contributed by atoms with Crippen LogP contribution in [0.2, 0.25) is 0 Å². The summed E-state index contributed by atoms with van der Waals surface area (Å²) in [5.41, 5.74) is -2.79. The van der Waals surface area contributed by atoms with Crippen LogP contribution in [0.5, 0.6) is 0 Å². The van der Waals surface area contributed by atoms with Crippen LogP contribution in [-0.2, 0) is 48.1 Å². The van der Waals surface area contributed by atoms with Gasteiger partial charge < -0.3 is 18.9 Å². The summed E-state index contributed by atoms with van der Waals surface area (Å²) >= 11 is 0. The normalized spacial score (nSPS) is 56.7. The molecule has 43 heavy (non-hydrogen) atoms. The van der Waals surface area contributed by atoms with Crippen molar-refractivity contribution in [1.29, 1.82) is 0 Å². The molecule has 0 radical (unpaired) electrons. The Balaban J connectivity index is 1.22. The summed E-state index contributed by atoms with van der Waals surface area (Å²) in [6.45, 7) is 10.4. The highest BCUT2D eigenvalue weighted by Gasteiger charge is 2.76. The minimum Gasteiger partial charge on any atom is -0.432 e. The fourth-order valence-electron chi connectivity index (χ4n) is 11.1. The lowest BCUT2D eigenvalue weighted by atomic mass is 9.49. The highest BCUT2D eigenvalue weighted by Crippen LogP contribution is 2.67. The first-order valence-electron chi connectivity index (χ1n) is 17.0. The van der Waals surface area contributed by atoms with Gasteiger partial charge in [-0.2, -0.15) is 0 Å². The second kappa shape index (κ2) is 9.61. The summed E-state index contributed by atoms with van der Waals surface area (Å²) in [5, 5.41) is 0. The van der Waals surface area contributed by atoms with Crippen molar-refractivity contribution in [2.45, 2.75) is 147 Å². The van der Waals surface area contributed by atoms with Crippen molar-refractivity contribution in [2.75, 3.05) is 0 Å². The first-order chi connectivity index (χ1) is 20.5. The van der Waals surface area contributed by atoms with Gasteiger partial charge >= 0.3 is 11.9 Å². The number of hydrogen-bond donors (Lipinski definition) is 0. The van der Waals surface area contributed by atoms with Crippen LogP contribution < -0.4 is 0 Å². The molecular formula is C33H48O10. The summed E-state index contributed by atoms with van der Waals surface area (Å²) in [6, 6.07) is 0. The van der Waals surface area contributed by atoms with Crippen LogP contribution in [0.4, 0.5) is 0 Å². The third-order valence-electron chi connectivity index (χ3n) is 13.4. The van der Waals surface area contributed by atoms with Gasteiger partial charge in [-0.1, -0.05) is 33.6 Å². The molecule has 10 rings (SSSR count). The second-order valence-electron chi connectivity index (χ2n) is 15.7. The summed E-state index contributed by atoms with van der Waals surface area (Å²) in [6.07, 6.45) is 7.55. The molecule has 10 aliphatic rings. The van der Waals surface area contributed by atoms with Gasteiger partial charge in [-0.05, 0) is 77.0 Å². The summed E-state index contributed by atoms with van der Waals surface area (Å²) in [4.78, 5) is 53.6. The number of unbranched alkanes of at least 4 members (excludes halogenated alkanes) is 1. The molecule has 2 saturated carbocycles. The van der Waals surface area contributed by atoms with Gasteiger partial charge in [-0.25, -0.2) is 19.6 Å². The quantitative estimate of drug-likeness (QED) is 0.286. The monoisotopic (exact) mass is 604 g/mol. The van der Waals surface area contributed by atoms with Crippen LogP contribution in [0.1, 0.15) is 112 Å². The number of rotatable bonds is 5. The SMILES string of the molecule is CCCCC1(CC2C(=O)OC3OC4(C)CCC5C(C)CCC2C35OO4)C(=O)OC2OC3(C)CCC4C(C)CCC1C24OO3. The van der Waals surface area contributed by atoms with E-state index in [0.29, 0.717) is 37.5 Å². The van der Waals surface area contributed by atoms with Gasteiger partial charge in [0, 0.05) is 36.5 Å². The Bertz CT molecular complexity index is 1180. The fourth-order valence-corrected chi connectivity index (χ4v) is 11.1. The Hall–Kier alpha value is -1.30. The highest BCUT2D eigenvalue weighted by atomic mass is 17.3. The lowest BCUT2D eigenvalue weighted by molar-refractivity contribution is -0.564. The number of ether oxygens (including phenoxy) is 4. The summed E-state index contributed by atoms with van der Waals surface area (Å²) in [5.74, 6) is -2.56. The lowest BCUT2D eigenvalue weighted by Gasteiger charge is -2.63. The van der Waals surface area contributed by atoms with Gasteiger partial charge in [-0.3, -0.25) is 9.59 Å². The molecule has 8 aliphatic heterocycles. The molecular weight excluding hydrogens is 556 g/mol. The van der Waals surface area contributed by atoms with E-state index in [0.717, 1.165) is 51.4 Å². The van der Waals surface area contributed by atoms with Crippen molar-refractivity contribution >= 4 is 11.9 Å². The van der Waals surface area contributed by atoms with Crippen LogP contribution in [0.25, 0.3) is 0 Å². The molecule has 0 aromatic heterocycles. The van der Waals surface area contributed by atoms with E-state index < -0.39 is 46.7 Å². The molecule has 0 amide bonds. The maximum absolute atomic E-state index is 14.6. The molecule has 8 heterocycles. The summed E-state index contributed by atoms with van der Waals surface area (Å²) < 4.78 is 25.4. The van der Waals surface area contributed by atoms with Crippen LogP contribution in [0.15, 0.2) is 0 Å². The van der Waals surface area contributed by atoms with Gasteiger partial charge in [0.15, 0.2) is 11.2 Å². The van der Waals surface area contributed by atoms with E-state index in [2.05, 4.69) is 20.8 Å². The maximum Gasteiger partial charge on any atom is 0.314 e. The van der Waals surface area contributed by atoms with Crippen molar-refractivity contribution in [3.63, 3.8) is 0 Å². The zero-order valence-corrected chi connectivity index (χ0v) is 26.3. The highest BCUT2D eigenvalue weighted by molar-refractivity contribution is 5.81. The van der Waals surface area contributed by atoms with E-state index >= 15 is 0 Å². The number of fused-ring (bicyclic) bond motifs is 4. The Morgan fingerprint density at radius 3 is 2.00 bits per heavy atom. The van der Waals surface area contributed by atoms with E-state index in [9.17, 15) is 9.59 Å². The standard InChI is InChI=1S/C33H48O10/c1-6-7-14-31(24-11-9-19(3)22-13-16-30(5)39-28(37-26(31)35)33(22,24)43-41-30)17-20-23-10-8-18(2)21-12-15-29(4)38-27(36-25(20)34)32(21,23)42-40-29/h18-24,27-28H,6-17H2,1-5H3. The van der Waals surface area contributed by atoms with E-state index in [4.69, 9.17) is 38.5 Å². The van der Waals surface area contributed by atoms with E-state index in [1.54, 1.807) is 0 Å².